The molecule has 30 heavy (non-hydrogen) atoms. The molecule has 0 amide bonds. The van der Waals surface area contributed by atoms with Gasteiger partial charge in [0.15, 0.2) is 0 Å². The number of unbranched alkanes of at least 4 members (excludes halogenated alkanes) is 9. The molecule has 0 fully saturated rings. The molecule has 180 valence electrons. The quantitative estimate of drug-likeness (QED) is 0.141. The molecule has 3 N–H and O–H groups in total. The Hall–Kier alpha value is -0.870. The van der Waals surface area contributed by atoms with Gasteiger partial charge in [-0.25, -0.2) is 0 Å². The maximum absolute atomic E-state index is 10.3. The third kappa shape index (κ3) is 27.1. The zero-order chi connectivity index (χ0) is 22.9. The summed E-state index contributed by atoms with van der Waals surface area (Å²) in [4.78, 5) is 10.3. The van der Waals surface area contributed by atoms with Gasteiger partial charge in [-0.05, 0) is 44.4 Å². The minimum absolute atomic E-state index is 0.172. The first-order chi connectivity index (χ1) is 14.5. The van der Waals surface area contributed by atoms with Crippen LogP contribution in [-0.4, -0.2) is 34.0 Å². The molecule has 0 saturated heterocycles. The van der Waals surface area contributed by atoms with Gasteiger partial charge in [0.1, 0.15) is 0 Å². The highest BCUT2D eigenvalue weighted by molar-refractivity contribution is 5.66. The Kier molecular flexibility index (Phi) is 27.3. The summed E-state index contributed by atoms with van der Waals surface area (Å²) in [5, 5.41) is 27.1. The second kappa shape index (κ2) is 26.2. The highest BCUT2D eigenvalue weighted by Crippen LogP contribution is 2.11. The summed E-state index contributed by atoms with van der Waals surface area (Å²) in [6.45, 7) is 6.89. The normalized spacial score (nSPS) is 13.1. The van der Waals surface area contributed by atoms with Gasteiger partial charge >= 0.3 is 5.97 Å². The van der Waals surface area contributed by atoms with Crippen LogP contribution in [0.25, 0.3) is 0 Å². The second-order valence-corrected chi connectivity index (χ2v) is 8.51. The number of aliphatic carboxylic acids is 1. The number of carboxylic acids is 1. The van der Waals surface area contributed by atoms with Crippen LogP contribution < -0.4 is 0 Å². The van der Waals surface area contributed by atoms with E-state index in [9.17, 15) is 9.90 Å². The van der Waals surface area contributed by atoms with Crippen LogP contribution in [0.5, 0.6) is 0 Å². The SMILES string of the molecule is CCCCC(CC)CO.CCCCCC[C@@H](O)C/C=C\CCCCCCCC(=O)O. The fourth-order valence-electron chi connectivity index (χ4n) is 3.28. The fraction of sp³-hybridized carbons (Fsp3) is 0.885. The van der Waals surface area contributed by atoms with Crippen molar-refractivity contribution in [2.75, 3.05) is 6.61 Å². The van der Waals surface area contributed by atoms with Gasteiger partial charge in [0.25, 0.3) is 0 Å². The highest BCUT2D eigenvalue weighted by Gasteiger charge is 2.02. The molecular weight excluding hydrogens is 376 g/mol. The van der Waals surface area contributed by atoms with Crippen molar-refractivity contribution in [3.63, 3.8) is 0 Å². The van der Waals surface area contributed by atoms with Gasteiger partial charge in [-0.2, -0.15) is 0 Å². The van der Waals surface area contributed by atoms with E-state index in [4.69, 9.17) is 10.2 Å². The van der Waals surface area contributed by atoms with Gasteiger partial charge in [-0.1, -0.05) is 97.1 Å². The van der Waals surface area contributed by atoms with Crippen molar-refractivity contribution in [2.24, 2.45) is 5.92 Å². The highest BCUT2D eigenvalue weighted by atomic mass is 16.4. The number of rotatable bonds is 20. The van der Waals surface area contributed by atoms with Gasteiger partial charge in [-0.3, -0.25) is 4.79 Å². The van der Waals surface area contributed by atoms with Gasteiger partial charge in [0, 0.05) is 13.0 Å². The van der Waals surface area contributed by atoms with Crippen LogP contribution in [0.15, 0.2) is 12.2 Å². The Bertz CT molecular complexity index is 364. The average Bonchev–Trinajstić information content (AvgIpc) is 2.73. The molecule has 0 aliphatic carbocycles. The lowest BCUT2D eigenvalue weighted by Gasteiger charge is -2.08. The standard InChI is InChI=1S/C18H34O3.C8H18O/c1-2-3-4-11-14-17(19)15-12-9-7-5-6-8-10-13-16-18(20)21;1-3-5-6-8(4-2)7-9/h9,12,17,19H,2-8,10-11,13-16H2,1H3,(H,20,21);8-9H,3-7H2,1-2H3/b12-9-;/t17-;/m1./s1. The molecule has 2 atom stereocenters. The zero-order valence-electron chi connectivity index (χ0n) is 20.3. The van der Waals surface area contributed by atoms with Crippen molar-refractivity contribution in [2.45, 2.75) is 136 Å². The Balaban J connectivity index is 0. The minimum Gasteiger partial charge on any atom is -0.481 e. The first-order valence-corrected chi connectivity index (χ1v) is 12.7. The Morgan fingerprint density at radius 1 is 0.800 bits per heavy atom. The van der Waals surface area contributed by atoms with Crippen LogP contribution >= 0.6 is 0 Å². The van der Waals surface area contributed by atoms with Gasteiger partial charge in [0.2, 0.25) is 0 Å². The van der Waals surface area contributed by atoms with E-state index in [1.807, 2.05) is 0 Å². The van der Waals surface area contributed by atoms with Gasteiger partial charge in [0.05, 0.1) is 6.10 Å². The molecule has 0 aromatic rings. The number of aliphatic hydroxyl groups is 2. The molecule has 4 nitrogen and oxygen atoms in total. The number of allylic oxidation sites excluding steroid dienone is 1. The van der Waals surface area contributed by atoms with E-state index in [0.717, 1.165) is 57.8 Å². The molecule has 0 bridgehead atoms. The van der Waals surface area contributed by atoms with Gasteiger partial charge < -0.3 is 15.3 Å². The molecule has 0 radical (unpaired) electrons. The van der Waals surface area contributed by atoms with E-state index in [0.29, 0.717) is 18.9 Å². The minimum atomic E-state index is -0.689. The summed E-state index contributed by atoms with van der Waals surface area (Å²) in [6.07, 6.45) is 22.2. The van der Waals surface area contributed by atoms with Crippen LogP contribution in [0.4, 0.5) is 0 Å². The van der Waals surface area contributed by atoms with Crippen molar-refractivity contribution in [3.8, 4) is 0 Å². The van der Waals surface area contributed by atoms with E-state index in [-0.39, 0.29) is 6.10 Å². The lowest BCUT2D eigenvalue weighted by molar-refractivity contribution is -0.137. The molecule has 0 aromatic heterocycles. The second-order valence-electron chi connectivity index (χ2n) is 8.51. The predicted octanol–water partition coefficient (Wildman–Crippen LogP) is 7.27. The number of carboxylic acid groups (broad SMARTS) is 1. The van der Waals surface area contributed by atoms with E-state index in [1.165, 1.54) is 44.9 Å². The van der Waals surface area contributed by atoms with E-state index < -0.39 is 5.97 Å². The summed E-state index contributed by atoms with van der Waals surface area (Å²) in [6, 6.07) is 0. The first kappa shape index (κ1) is 31.3. The topological polar surface area (TPSA) is 77.8 Å². The maximum Gasteiger partial charge on any atom is 0.303 e. The molecule has 0 spiro atoms. The third-order valence-electron chi connectivity index (χ3n) is 5.53. The Morgan fingerprint density at radius 2 is 1.43 bits per heavy atom. The van der Waals surface area contributed by atoms with Gasteiger partial charge in [-0.15, -0.1) is 0 Å². The third-order valence-corrected chi connectivity index (χ3v) is 5.53. The molecule has 4 heteroatoms. The van der Waals surface area contributed by atoms with Crippen LogP contribution in [-0.2, 0) is 4.79 Å². The lowest BCUT2D eigenvalue weighted by Crippen LogP contribution is -2.04. The van der Waals surface area contributed by atoms with E-state index in [1.54, 1.807) is 0 Å². The van der Waals surface area contributed by atoms with Crippen molar-refractivity contribution >= 4 is 5.97 Å². The number of aliphatic hydroxyl groups excluding tert-OH is 2. The molecule has 0 saturated carbocycles. The van der Waals surface area contributed by atoms with Crippen LogP contribution in [0.3, 0.4) is 0 Å². The molecule has 0 aromatic carbocycles. The molecular formula is C26H52O4. The average molecular weight is 429 g/mol. The maximum atomic E-state index is 10.3. The molecule has 0 heterocycles. The van der Waals surface area contributed by atoms with E-state index in [2.05, 4.69) is 32.9 Å². The summed E-state index contributed by atoms with van der Waals surface area (Å²) in [5.74, 6) is -0.129. The molecule has 0 rings (SSSR count). The monoisotopic (exact) mass is 428 g/mol. The lowest BCUT2D eigenvalue weighted by atomic mass is 10.0. The first-order valence-electron chi connectivity index (χ1n) is 12.7. The van der Waals surface area contributed by atoms with Crippen LogP contribution in [0, 0.1) is 5.92 Å². The molecule has 0 aliphatic rings. The largest absolute Gasteiger partial charge is 0.481 e. The summed E-state index contributed by atoms with van der Waals surface area (Å²) in [7, 11) is 0. The zero-order valence-corrected chi connectivity index (χ0v) is 20.3. The van der Waals surface area contributed by atoms with E-state index >= 15 is 0 Å². The van der Waals surface area contributed by atoms with Crippen molar-refractivity contribution in [1.82, 2.24) is 0 Å². The molecule has 0 aliphatic heterocycles. The summed E-state index contributed by atoms with van der Waals surface area (Å²) in [5.41, 5.74) is 0. The number of hydrogen-bond donors (Lipinski definition) is 3. The van der Waals surface area contributed by atoms with Crippen molar-refractivity contribution in [1.29, 1.82) is 0 Å². The number of hydrogen-bond acceptors (Lipinski definition) is 3. The summed E-state index contributed by atoms with van der Waals surface area (Å²) < 4.78 is 0. The van der Waals surface area contributed by atoms with Crippen molar-refractivity contribution in [3.05, 3.63) is 12.2 Å². The van der Waals surface area contributed by atoms with Crippen LogP contribution in [0.2, 0.25) is 0 Å². The predicted molar refractivity (Wildman–Crippen MR) is 129 cm³/mol. The Labute approximate surface area is 187 Å². The molecule has 1 unspecified atom stereocenters. The summed E-state index contributed by atoms with van der Waals surface area (Å²) >= 11 is 0. The Morgan fingerprint density at radius 3 is 2.03 bits per heavy atom. The fourth-order valence-corrected chi connectivity index (χ4v) is 3.28. The number of carbonyl (C=O) groups is 1. The van der Waals surface area contributed by atoms with Crippen molar-refractivity contribution < 1.29 is 20.1 Å². The van der Waals surface area contributed by atoms with Crippen LogP contribution in [0.1, 0.15) is 130 Å². The smallest absolute Gasteiger partial charge is 0.303 e.